The third kappa shape index (κ3) is 2.75. The number of ether oxygens (including phenoxy) is 1. The molecule has 0 saturated carbocycles. The van der Waals surface area contributed by atoms with Crippen molar-refractivity contribution in [2.75, 3.05) is 7.11 Å². The molecule has 0 spiro atoms. The quantitative estimate of drug-likeness (QED) is 0.346. The number of fused-ring (bicyclic) bond motifs is 1. The summed E-state index contributed by atoms with van der Waals surface area (Å²) in [6.07, 6.45) is 0.835. The molecule has 0 atom stereocenters. The molecule has 0 aliphatic heterocycles. The summed E-state index contributed by atoms with van der Waals surface area (Å²) in [6, 6.07) is 7.04. The van der Waals surface area contributed by atoms with Gasteiger partial charge in [-0.25, -0.2) is 9.78 Å². The summed E-state index contributed by atoms with van der Waals surface area (Å²) in [5, 5.41) is 22.0. The van der Waals surface area contributed by atoms with Gasteiger partial charge in [-0.15, -0.1) is 5.17 Å². The van der Waals surface area contributed by atoms with Crippen molar-refractivity contribution in [2.24, 2.45) is 0 Å². The molecule has 0 unspecified atom stereocenters. The minimum absolute atomic E-state index is 0.151. The van der Waals surface area contributed by atoms with Crippen LogP contribution in [-0.2, 0) is 4.74 Å². The first-order chi connectivity index (χ1) is 9.11. The lowest BCUT2D eigenvalue weighted by Crippen LogP contribution is -2.32. The number of hydrogen-bond acceptors (Lipinski definition) is 6. The maximum atomic E-state index is 11.4. The van der Waals surface area contributed by atoms with Gasteiger partial charge in [0.25, 0.3) is 0 Å². The number of nitrogens with zero attached hydrogens (tertiary/aromatic N) is 4. The number of amides is 1. The van der Waals surface area contributed by atoms with Crippen molar-refractivity contribution in [3.05, 3.63) is 46.6 Å². The van der Waals surface area contributed by atoms with Crippen LogP contribution in [-0.4, -0.2) is 39.4 Å². The van der Waals surface area contributed by atoms with Crippen LogP contribution in [0.3, 0.4) is 0 Å². The Hall–Kier alpha value is -2.74. The fraction of sp³-hybridized carbons (Fsp3) is 0.0909. The second-order valence-corrected chi connectivity index (χ2v) is 3.46. The zero-order valence-electron chi connectivity index (χ0n) is 9.89. The topological polar surface area (TPSA) is 104 Å². The van der Waals surface area contributed by atoms with Crippen LogP contribution in [0.5, 0.6) is 0 Å². The summed E-state index contributed by atoms with van der Waals surface area (Å²) in [4.78, 5) is 18.8. The minimum atomic E-state index is -1.32. The molecule has 0 aliphatic rings. The molecule has 19 heavy (non-hydrogen) atoms. The molecule has 1 aromatic heterocycles. The maximum absolute atomic E-state index is 11.4. The summed E-state index contributed by atoms with van der Waals surface area (Å²) < 4.78 is 4.12. The lowest BCUT2D eigenvalue weighted by Gasteiger charge is -2.21. The predicted molar refractivity (Wildman–Crippen MR) is 65.9 cm³/mol. The van der Waals surface area contributed by atoms with E-state index in [2.05, 4.69) is 14.7 Å². The molecule has 2 aromatic rings. The average molecular weight is 261 g/mol. The Labute approximate surface area is 107 Å². The highest BCUT2D eigenvalue weighted by molar-refractivity contribution is 5.80. The van der Waals surface area contributed by atoms with Crippen molar-refractivity contribution in [2.45, 2.75) is 0 Å². The largest absolute Gasteiger partial charge is 0.696 e. The van der Waals surface area contributed by atoms with Gasteiger partial charge in [0.15, 0.2) is 0 Å². The molecule has 1 heterocycles. The molecule has 1 amide bonds. The molecule has 0 aliphatic carbocycles. The first-order valence-electron chi connectivity index (χ1n) is 5.20. The van der Waals surface area contributed by atoms with E-state index in [9.17, 15) is 15.2 Å². The van der Waals surface area contributed by atoms with Crippen molar-refractivity contribution in [1.82, 2.24) is 15.1 Å². The van der Waals surface area contributed by atoms with Crippen LogP contribution < -0.4 is 0 Å². The highest BCUT2D eigenvalue weighted by Gasteiger charge is 2.10. The predicted octanol–water partition coefficient (Wildman–Crippen LogP) is 1.04. The van der Waals surface area contributed by atoms with E-state index >= 15 is 0 Å². The van der Waals surface area contributed by atoms with Crippen LogP contribution >= 0.6 is 0 Å². The third-order valence-electron chi connectivity index (χ3n) is 2.22. The summed E-state index contributed by atoms with van der Waals surface area (Å²) in [6.45, 7) is 0. The number of rotatable bonds is 2. The van der Waals surface area contributed by atoms with Gasteiger partial charge in [-0.3, -0.25) is 4.98 Å². The van der Waals surface area contributed by atoms with Crippen molar-refractivity contribution in [1.29, 1.82) is 0 Å². The summed E-state index contributed by atoms with van der Waals surface area (Å²) in [5.41, 5.74) is 1.38. The van der Waals surface area contributed by atoms with Crippen LogP contribution in [0.1, 0.15) is 5.69 Å². The first-order valence-corrected chi connectivity index (χ1v) is 5.20. The molecule has 0 fully saturated rings. The summed E-state index contributed by atoms with van der Waals surface area (Å²) >= 11 is 0. The van der Waals surface area contributed by atoms with Crippen molar-refractivity contribution >= 4 is 23.3 Å². The molecule has 0 saturated heterocycles. The number of benzene rings is 1. The number of hydrazine groups is 1. The molecule has 0 radical (unpaired) electrons. The van der Waals surface area contributed by atoms with E-state index in [1.54, 1.807) is 24.3 Å². The molecule has 0 N–H and O–H groups in total. The number of carbonyl (C=O) groups excluding carboxylic acids is 1. The van der Waals surface area contributed by atoms with Crippen LogP contribution in [0.2, 0.25) is 0 Å². The Morgan fingerprint density at radius 3 is 2.79 bits per heavy atom. The minimum Gasteiger partial charge on any atom is -0.696 e. The highest BCUT2D eigenvalue weighted by atomic mass is 16.7. The molecule has 98 valence electrons. The molecule has 1 aromatic carbocycles. The smallest absolute Gasteiger partial charge is 0.454 e. The summed E-state index contributed by atoms with van der Waals surface area (Å²) in [5.74, 6) is 0. The number of hydrazone groups is 1. The van der Waals surface area contributed by atoms with Crippen LogP contribution in [0.25, 0.3) is 11.0 Å². The van der Waals surface area contributed by atoms with Gasteiger partial charge in [0.05, 0.1) is 24.3 Å². The van der Waals surface area contributed by atoms with E-state index in [0.717, 1.165) is 13.3 Å². The molecule has 0 bridgehead atoms. The van der Waals surface area contributed by atoms with E-state index < -0.39 is 11.3 Å². The van der Waals surface area contributed by atoms with Gasteiger partial charge in [-0.05, 0) is 12.1 Å². The van der Waals surface area contributed by atoms with Crippen molar-refractivity contribution in [3.8, 4) is 0 Å². The van der Waals surface area contributed by atoms with Gasteiger partial charge in [-0.2, -0.15) is 0 Å². The van der Waals surface area contributed by atoms with Gasteiger partial charge in [0.2, 0.25) is 6.21 Å². The monoisotopic (exact) mass is 261 g/mol. The highest BCUT2D eigenvalue weighted by Crippen LogP contribution is 2.07. The van der Waals surface area contributed by atoms with E-state index in [1.165, 1.54) is 6.20 Å². The van der Waals surface area contributed by atoms with Crippen LogP contribution in [0.4, 0.5) is 4.79 Å². The average Bonchev–Trinajstić information content (AvgIpc) is 2.45. The van der Waals surface area contributed by atoms with E-state index in [-0.39, 0.29) is 10.5 Å². The number of para-hydroxylation sites is 2. The number of hydroxylamine groups is 1. The maximum Gasteiger partial charge on any atom is 0.454 e. The second kappa shape index (κ2) is 5.27. The Balaban J connectivity index is 2.32. The second-order valence-electron chi connectivity index (χ2n) is 3.46. The van der Waals surface area contributed by atoms with Crippen LogP contribution in [0.15, 0.2) is 30.5 Å². The zero-order chi connectivity index (χ0) is 13.8. The number of carbonyl (C=O) groups is 1. The Bertz CT molecular complexity index is 643. The molecule has 8 nitrogen and oxygen atoms in total. The van der Waals surface area contributed by atoms with E-state index in [0.29, 0.717) is 11.0 Å². The van der Waals surface area contributed by atoms with Gasteiger partial charge in [0.1, 0.15) is 5.69 Å². The zero-order valence-corrected chi connectivity index (χ0v) is 9.89. The van der Waals surface area contributed by atoms with Gasteiger partial charge < -0.3 is 15.2 Å². The molecular formula is C11H9N4O4-. The first kappa shape index (κ1) is 12.7. The summed E-state index contributed by atoms with van der Waals surface area (Å²) in [7, 11) is 0.997. The van der Waals surface area contributed by atoms with Gasteiger partial charge in [-0.1, -0.05) is 17.0 Å². The Morgan fingerprint density at radius 2 is 2.11 bits per heavy atom. The lowest BCUT2D eigenvalue weighted by atomic mass is 10.3. The van der Waals surface area contributed by atoms with Crippen molar-refractivity contribution < 1.29 is 14.4 Å². The van der Waals surface area contributed by atoms with E-state index in [1.807, 2.05) is 0 Å². The number of hydrogen-bond donors (Lipinski definition) is 0. The molecular weight excluding hydrogens is 252 g/mol. The third-order valence-corrected chi connectivity index (χ3v) is 2.22. The van der Waals surface area contributed by atoms with Gasteiger partial charge >= 0.3 is 6.09 Å². The number of methoxy groups -OCH3 is 1. The standard InChI is InChI=1S/C11H9N4O4/c1-19-11(16)15(18)14(17)7-8-6-12-9-4-2-3-5-10(9)13-8/h2-7H,1H3/q-1/b14-7-. The molecule has 8 heteroatoms. The van der Waals surface area contributed by atoms with E-state index in [4.69, 9.17) is 0 Å². The Kier molecular flexibility index (Phi) is 3.53. The van der Waals surface area contributed by atoms with Crippen LogP contribution in [0, 0.1) is 10.4 Å². The lowest BCUT2D eigenvalue weighted by molar-refractivity contribution is -0.597. The Morgan fingerprint density at radius 1 is 1.42 bits per heavy atom. The van der Waals surface area contributed by atoms with Gasteiger partial charge in [0, 0.05) is 0 Å². The number of aromatic nitrogens is 2. The SMILES string of the molecule is COC(=O)N([O-])/[N+]([O-])=C/c1cnc2ccccc2n1. The fourth-order valence-electron chi connectivity index (χ4n) is 1.36. The molecule has 2 rings (SSSR count). The normalized spacial score (nSPS) is 11.4. The van der Waals surface area contributed by atoms with Crippen molar-refractivity contribution in [3.63, 3.8) is 0 Å². The fourth-order valence-corrected chi connectivity index (χ4v) is 1.36.